The summed E-state index contributed by atoms with van der Waals surface area (Å²) in [7, 11) is 0. The quantitative estimate of drug-likeness (QED) is 0.528. The number of esters is 1. The lowest BCUT2D eigenvalue weighted by molar-refractivity contribution is -0.151. The van der Waals surface area contributed by atoms with Crippen molar-refractivity contribution in [3.63, 3.8) is 0 Å². The van der Waals surface area contributed by atoms with Gasteiger partial charge in [0.05, 0.1) is 13.0 Å². The molecule has 0 bridgehead atoms. The number of hydrogen-bond acceptors (Lipinski definition) is 6. The molecule has 9 heteroatoms. The number of nitrogens with one attached hydrogen (secondary N) is 2. The van der Waals surface area contributed by atoms with E-state index in [-0.39, 0.29) is 13.0 Å². The van der Waals surface area contributed by atoms with E-state index in [9.17, 15) is 19.2 Å². The third-order valence-corrected chi connectivity index (χ3v) is 5.03. The molecule has 1 aliphatic heterocycles. The van der Waals surface area contributed by atoms with Crippen molar-refractivity contribution in [2.24, 2.45) is 0 Å². The second kappa shape index (κ2) is 8.93. The molecular weight excluding hydrogens is 378 g/mol. The van der Waals surface area contributed by atoms with Crippen molar-refractivity contribution in [1.82, 2.24) is 15.8 Å². The van der Waals surface area contributed by atoms with Gasteiger partial charge in [0.15, 0.2) is 6.61 Å². The standard InChI is InChI=1S/C20H25N3O6/c1-14-6-5-7-15(12-14)28-11-8-17(25)29-13-16(24)22-23-18(26)20(21-19(23)27)9-3-2-4-10-20/h5-7,12H,2-4,8-11,13H2,1H3,(H,21,27)(H,22,24). The largest absolute Gasteiger partial charge is 0.493 e. The number of ether oxygens (including phenoxy) is 2. The zero-order valence-electron chi connectivity index (χ0n) is 16.4. The summed E-state index contributed by atoms with van der Waals surface area (Å²) in [5.41, 5.74) is 2.33. The van der Waals surface area contributed by atoms with Gasteiger partial charge in [-0.2, -0.15) is 5.01 Å². The van der Waals surface area contributed by atoms with Crippen LogP contribution in [0.5, 0.6) is 5.75 Å². The lowest BCUT2D eigenvalue weighted by atomic mass is 9.82. The summed E-state index contributed by atoms with van der Waals surface area (Å²) in [6.45, 7) is 1.45. The SMILES string of the molecule is Cc1cccc(OCCC(=O)OCC(=O)NN2C(=O)NC3(CCCCC3)C2=O)c1. The van der Waals surface area contributed by atoms with E-state index < -0.39 is 36.0 Å². The van der Waals surface area contributed by atoms with Gasteiger partial charge in [-0.1, -0.05) is 31.4 Å². The van der Waals surface area contributed by atoms with Crippen molar-refractivity contribution < 1.29 is 28.7 Å². The van der Waals surface area contributed by atoms with Crippen molar-refractivity contribution in [1.29, 1.82) is 0 Å². The fraction of sp³-hybridized carbons (Fsp3) is 0.500. The van der Waals surface area contributed by atoms with Gasteiger partial charge in [-0.05, 0) is 37.5 Å². The molecule has 0 aromatic heterocycles. The van der Waals surface area contributed by atoms with Crippen LogP contribution in [0.3, 0.4) is 0 Å². The fourth-order valence-electron chi connectivity index (χ4n) is 3.55. The number of carbonyl (C=O) groups is 4. The first-order valence-electron chi connectivity index (χ1n) is 9.71. The number of hydrazine groups is 1. The minimum atomic E-state index is -0.924. The molecule has 9 nitrogen and oxygen atoms in total. The van der Waals surface area contributed by atoms with Gasteiger partial charge in [0.2, 0.25) is 0 Å². The molecule has 1 saturated heterocycles. The van der Waals surface area contributed by atoms with Crippen LogP contribution in [0.1, 0.15) is 44.1 Å². The number of benzene rings is 1. The van der Waals surface area contributed by atoms with Crippen LogP contribution in [0, 0.1) is 6.92 Å². The Morgan fingerprint density at radius 3 is 2.69 bits per heavy atom. The first-order valence-corrected chi connectivity index (χ1v) is 9.71. The van der Waals surface area contributed by atoms with Crippen LogP contribution in [0.25, 0.3) is 0 Å². The molecule has 1 heterocycles. The maximum Gasteiger partial charge on any atom is 0.344 e. The number of nitrogens with zero attached hydrogens (tertiary/aromatic N) is 1. The third-order valence-electron chi connectivity index (χ3n) is 5.03. The summed E-state index contributed by atoms with van der Waals surface area (Å²) in [5, 5.41) is 3.37. The highest BCUT2D eigenvalue weighted by atomic mass is 16.5. The topological polar surface area (TPSA) is 114 Å². The Labute approximate surface area is 168 Å². The van der Waals surface area contributed by atoms with Gasteiger partial charge in [0.1, 0.15) is 11.3 Å². The van der Waals surface area contributed by atoms with E-state index in [1.165, 1.54) is 0 Å². The van der Waals surface area contributed by atoms with Gasteiger partial charge in [-0.3, -0.25) is 19.8 Å². The van der Waals surface area contributed by atoms with Crippen molar-refractivity contribution in [3.05, 3.63) is 29.8 Å². The predicted molar refractivity (Wildman–Crippen MR) is 102 cm³/mol. The van der Waals surface area contributed by atoms with Gasteiger partial charge < -0.3 is 14.8 Å². The molecule has 4 amide bonds. The summed E-state index contributed by atoms with van der Waals surface area (Å²) >= 11 is 0. The number of aryl methyl sites for hydroxylation is 1. The van der Waals surface area contributed by atoms with Crippen LogP contribution in [0.2, 0.25) is 0 Å². The van der Waals surface area contributed by atoms with E-state index in [1.807, 2.05) is 25.1 Å². The molecule has 29 heavy (non-hydrogen) atoms. The van der Waals surface area contributed by atoms with E-state index in [4.69, 9.17) is 9.47 Å². The first kappa shape index (κ1) is 20.6. The zero-order chi connectivity index (χ0) is 20.9. The van der Waals surface area contributed by atoms with Gasteiger partial charge in [0, 0.05) is 0 Å². The highest BCUT2D eigenvalue weighted by molar-refractivity contribution is 6.08. The van der Waals surface area contributed by atoms with Crippen LogP contribution in [0.4, 0.5) is 4.79 Å². The second-order valence-electron chi connectivity index (χ2n) is 7.32. The average Bonchev–Trinajstić information content (AvgIpc) is 2.91. The molecule has 2 aliphatic rings. The van der Waals surface area contributed by atoms with Crippen LogP contribution < -0.4 is 15.5 Å². The maximum atomic E-state index is 12.6. The Morgan fingerprint density at radius 1 is 1.21 bits per heavy atom. The van der Waals surface area contributed by atoms with Crippen LogP contribution in [-0.2, 0) is 19.1 Å². The number of imide groups is 1. The molecule has 1 saturated carbocycles. The average molecular weight is 403 g/mol. The van der Waals surface area contributed by atoms with Gasteiger partial charge in [-0.25, -0.2) is 4.79 Å². The Bertz CT molecular complexity index is 803. The monoisotopic (exact) mass is 403 g/mol. The molecule has 1 spiro atoms. The van der Waals surface area contributed by atoms with Crippen LogP contribution in [-0.4, -0.2) is 47.6 Å². The fourth-order valence-corrected chi connectivity index (χ4v) is 3.55. The third kappa shape index (κ3) is 5.04. The summed E-state index contributed by atoms with van der Waals surface area (Å²) in [5.74, 6) is -1.19. The molecule has 0 unspecified atom stereocenters. The second-order valence-corrected chi connectivity index (χ2v) is 7.32. The number of hydrogen-bond donors (Lipinski definition) is 2. The van der Waals surface area contributed by atoms with E-state index in [0.29, 0.717) is 23.6 Å². The molecule has 2 fully saturated rings. The number of rotatable bonds is 7. The van der Waals surface area contributed by atoms with Crippen molar-refractivity contribution in [3.8, 4) is 5.75 Å². The Balaban J connectivity index is 1.39. The Hall–Kier alpha value is -3.10. The molecule has 2 N–H and O–H groups in total. The summed E-state index contributed by atoms with van der Waals surface area (Å²) in [6, 6.07) is 6.74. The minimum absolute atomic E-state index is 0.0343. The van der Waals surface area contributed by atoms with E-state index in [2.05, 4.69) is 10.7 Å². The molecule has 3 rings (SSSR count). The van der Waals surface area contributed by atoms with Crippen molar-refractivity contribution in [2.75, 3.05) is 13.2 Å². The van der Waals surface area contributed by atoms with E-state index in [1.54, 1.807) is 6.07 Å². The molecule has 1 aromatic carbocycles. The van der Waals surface area contributed by atoms with Gasteiger partial charge >= 0.3 is 12.0 Å². The molecule has 156 valence electrons. The molecule has 0 atom stereocenters. The number of urea groups is 1. The smallest absolute Gasteiger partial charge is 0.344 e. The molecular formula is C20H25N3O6. The molecule has 1 aromatic rings. The van der Waals surface area contributed by atoms with Crippen LogP contribution >= 0.6 is 0 Å². The zero-order valence-corrected chi connectivity index (χ0v) is 16.4. The molecule has 0 radical (unpaired) electrons. The first-order chi connectivity index (χ1) is 13.9. The van der Waals surface area contributed by atoms with E-state index in [0.717, 1.165) is 24.8 Å². The number of amides is 4. The predicted octanol–water partition coefficient (Wildman–Crippen LogP) is 1.59. The lowest BCUT2D eigenvalue weighted by Gasteiger charge is -2.30. The van der Waals surface area contributed by atoms with Crippen LogP contribution in [0.15, 0.2) is 24.3 Å². The minimum Gasteiger partial charge on any atom is -0.493 e. The molecule has 1 aliphatic carbocycles. The summed E-state index contributed by atoms with van der Waals surface area (Å²) < 4.78 is 10.3. The van der Waals surface area contributed by atoms with Gasteiger partial charge in [0.25, 0.3) is 11.8 Å². The summed E-state index contributed by atoms with van der Waals surface area (Å²) in [6.07, 6.45) is 3.78. The van der Waals surface area contributed by atoms with Crippen molar-refractivity contribution in [2.45, 2.75) is 51.0 Å². The van der Waals surface area contributed by atoms with E-state index >= 15 is 0 Å². The number of carbonyl (C=O) groups excluding carboxylic acids is 4. The normalized spacial score (nSPS) is 17.8. The highest BCUT2D eigenvalue weighted by Crippen LogP contribution is 2.32. The summed E-state index contributed by atoms with van der Waals surface area (Å²) in [4.78, 5) is 48.4. The van der Waals surface area contributed by atoms with Gasteiger partial charge in [-0.15, -0.1) is 0 Å². The highest BCUT2D eigenvalue weighted by Gasteiger charge is 2.52. The Morgan fingerprint density at radius 2 is 1.97 bits per heavy atom. The lowest BCUT2D eigenvalue weighted by Crippen LogP contribution is -2.51. The Kier molecular flexibility index (Phi) is 6.36. The van der Waals surface area contributed by atoms with Crippen molar-refractivity contribution >= 4 is 23.8 Å². The maximum absolute atomic E-state index is 12.6.